The van der Waals surface area contributed by atoms with E-state index in [4.69, 9.17) is 4.74 Å². The van der Waals surface area contributed by atoms with Crippen molar-refractivity contribution < 1.29 is 27.8 Å². The zero-order valence-corrected chi connectivity index (χ0v) is 19.8. The van der Waals surface area contributed by atoms with E-state index in [1.165, 1.54) is 32.5 Å². The largest absolute Gasteiger partial charge is 0.480 e. The van der Waals surface area contributed by atoms with Gasteiger partial charge in [0.25, 0.3) is 0 Å². The summed E-state index contributed by atoms with van der Waals surface area (Å²) in [6.07, 6.45) is -0.890. The van der Waals surface area contributed by atoms with E-state index < -0.39 is 18.2 Å². The van der Waals surface area contributed by atoms with Gasteiger partial charge in [-0.25, -0.2) is 20.2 Å². The van der Waals surface area contributed by atoms with Crippen molar-refractivity contribution in [1.82, 2.24) is 20.4 Å². The third-order valence-corrected chi connectivity index (χ3v) is 5.41. The second-order valence-corrected chi connectivity index (χ2v) is 8.13. The third-order valence-electron chi connectivity index (χ3n) is 5.41. The van der Waals surface area contributed by atoms with Crippen LogP contribution in [0.1, 0.15) is 28.4 Å². The number of ether oxygens (including phenoxy) is 1. The summed E-state index contributed by atoms with van der Waals surface area (Å²) in [5.74, 6) is -1.36. The molecule has 1 aliphatic rings. The number of carboxylic acids is 1. The average molecular weight is 511 g/mol. The minimum absolute atomic E-state index is 0.0227. The van der Waals surface area contributed by atoms with Crippen LogP contribution >= 0.6 is 0 Å². The van der Waals surface area contributed by atoms with E-state index in [-0.39, 0.29) is 40.0 Å². The fourth-order valence-electron chi connectivity index (χ4n) is 3.76. The number of alkyl halides is 3. The Balaban J connectivity index is 1.83. The molecule has 1 unspecified atom stereocenters. The lowest BCUT2D eigenvalue weighted by Crippen LogP contribution is -2.45. The highest BCUT2D eigenvalue weighted by atomic mass is 19.4. The van der Waals surface area contributed by atoms with Crippen molar-refractivity contribution in [3.8, 4) is 23.1 Å². The highest BCUT2D eigenvalue weighted by Gasteiger charge is 2.43. The number of allylic oxidation sites excluding steroid dienone is 1. The topological polar surface area (TPSA) is 136 Å². The second kappa shape index (κ2) is 9.75. The number of carbonyl (C=O) groups is 1. The Morgan fingerprint density at radius 2 is 1.97 bits per heavy atom. The molecule has 3 heterocycles. The minimum Gasteiger partial charge on any atom is -0.480 e. The minimum atomic E-state index is -4.56. The molecule has 1 aliphatic heterocycles. The van der Waals surface area contributed by atoms with Crippen molar-refractivity contribution in [1.29, 1.82) is 5.26 Å². The molecule has 0 saturated carbocycles. The number of nitrogens with zero attached hydrogens (tertiary/aromatic N) is 5. The van der Waals surface area contributed by atoms with Gasteiger partial charge in [-0.1, -0.05) is 0 Å². The number of nitrogens with one attached hydrogen (secondary N) is 2. The molecule has 190 valence electrons. The van der Waals surface area contributed by atoms with E-state index >= 15 is 0 Å². The Hall–Kier alpha value is -4.70. The number of nitriles is 1. The smallest absolute Gasteiger partial charge is 0.409 e. The molecule has 3 aromatic rings. The molecular weight excluding hydrogens is 491 g/mol. The molecule has 1 aromatic carbocycles. The maximum atomic E-state index is 13.5. The molecule has 10 nitrogen and oxygen atoms in total. The lowest BCUT2D eigenvalue weighted by Gasteiger charge is -2.25. The summed E-state index contributed by atoms with van der Waals surface area (Å²) in [6, 6.07) is 6.40. The van der Waals surface area contributed by atoms with Crippen molar-refractivity contribution in [3.05, 3.63) is 65.1 Å². The van der Waals surface area contributed by atoms with Gasteiger partial charge in [-0.3, -0.25) is 5.01 Å². The Bertz CT molecular complexity index is 1450. The van der Waals surface area contributed by atoms with Gasteiger partial charge in [-0.2, -0.15) is 23.4 Å². The van der Waals surface area contributed by atoms with E-state index in [0.29, 0.717) is 11.3 Å². The lowest BCUT2D eigenvalue weighted by atomic mass is 10.1. The number of halogens is 3. The van der Waals surface area contributed by atoms with Crippen LogP contribution in [0.4, 0.5) is 30.6 Å². The van der Waals surface area contributed by atoms with Crippen LogP contribution in [-0.4, -0.2) is 45.4 Å². The molecular formula is C24H20F3N7O3. The van der Waals surface area contributed by atoms with Crippen molar-refractivity contribution in [3.63, 3.8) is 0 Å². The lowest BCUT2D eigenvalue weighted by molar-refractivity contribution is -0.142. The number of pyridine rings is 1. The number of carboxylic acid groups (broad SMARTS) is 1. The first kappa shape index (κ1) is 25.4. The van der Waals surface area contributed by atoms with E-state index in [1.54, 1.807) is 25.1 Å². The zero-order chi connectivity index (χ0) is 26.9. The summed E-state index contributed by atoms with van der Waals surface area (Å²) >= 11 is 0. The average Bonchev–Trinajstić information content (AvgIpc) is 3.25. The molecule has 2 aromatic heterocycles. The van der Waals surface area contributed by atoms with Crippen LogP contribution < -0.4 is 20.5 Å². The first-order valence-electron chi connectivity index (χ1n) is 10.7. The van der Waals surface area contributed by atoms with Crippen molar-refractivity contribution in [2.45, 2.75) is 26.1 Å². The molecule has 0 bridgehead atoms. The highest BCUT2D eigenvalue weighted by molar-refractivity contribution is 5.92. The Labute approximate surface area is 209 Å². The van der Waals surface area contributed by atoms with Crippen LogP contribution in [0, 0.1) is 18.3 Å². The Morgan fingerprint density at radius 1 is 1.22 bits per heavy atom. The SMILES string of the molecule is COc1ncc(-c2cnc(Nc3cc(C)cc(C#N)c3)nc2N2NC(C(F)(F)F)C=C2C)cc1C(=O)O. The van der Waals surface area contributed by atoms with Crippen molar-refractivity contribution in [2.75, 3.05) is 17.4 Å². The van der Waals surface area contributed by atoms with Gasteiger partial charge < -0.3 is 15.2 Å². The van der Waals surface area contributed by atoms with Crippen LogP contribution in [-0.2, 0) is 0 Å². The van der Waals surface area contributed by atoms with Gasteiger partial charge in [0.2, 0.25) is 11.8 Å². The van der Waals surface area contributed by atoms with Gasteiger partial charge >= 0.3 is 12.1 Å². The molecule has 13 heteroatoms. The molecule has 0 saturated heterocycles. The predicted octanol–water partition coefficient (Wildman–Crippen LogP) is 4.33. The number of aryl methyl sites for hydroxylation is 1. The number of methoxy groups -OCH3 is 1. The van der Waals surface area contributed by atoms with Gasteiger partial charge in [0.05, 0.1) is 18.7 Å². The maximum absolute atomic E-state index is 13.5. The quantitative estimate of drug-likeness (QED) is 0.439. The van der Waals surface area contributed by atoms with E-state index in [9.17, 15) is 28.3 Å². The normalized spacial score (nSPS) is 15.2. The molecule has 0 aliphatic carbocycles. The predicted molar refractivity (Wildman–Crippen MR) is 127 cm³/mol. The Morgan fingerprint density at radius 3 is 2.59 bits per heavy atom. The monoisotopic (exact) mass is 511 g/mol. The Kier molecular flexibility index (Phi) is 6.69. The van der Waals surface area contributed by atoms with Crippen LogP contribution in [0.2, 0.25) is 0 Å². The summed E-state index contributed by atoms with van der Waals surface area (Å²) < 4.78 is 45.4. The number of aromatic carboxylic acids is 1. The molecule has 4 rings (SSSR count). The number of rotatable bonds is 6. The molecule has 0 fully saturated rings. The standard InChI is InChI=1S/C24H20F3N7O3/c1-12-4-14(9-28)7-16(5-12)31-23-30-11-18(15-8-17(22(35)36)21(37-3)29-10-15)20(32-23)34-13(2)6-19(33-34)24(25,26)27/h4-8,10-11,19,33H,1-3H3,(H,35,36)(H,30,31,32). The second-order valence-electron chi connectivity index (χ2n) is 8.13. The first-order chi connectivity index (χ1) is 17.5. The van der Waals surface area contributed by atoms with Crippen molar-refractivity contribution >= 4 is 23.4 Å². The fraction of sp³-hybridized carbons (Fsp3) is 0.208. The molecule has 3 N–H and O–H groups in total. The number of hydrogen-bond donors (Lipinski definition) is 3. The number of hydrazine groups is 1. The molecule has 37 heavy (non-hydrogen) atoms. The molecule has 0 spiro atoms. The summed E-state index contributed by atoms with van der Waals surface area (Å²) in [7, 11) is 1.27. The number of hydrogen-bond acceptors (Lipinski definition) is 9. The van der Waals surface area contributed by atoms with Crippen LogP contribution in [0.3, 0.4) is 0 Å². The number of benzene rings is 1. The summed E-state index contributed by atoms with van der Waals surface area (Å²) in [4.78, 5) is 24.4. The highest BCUT2D eigenvalue weighted by Crippen LogP contribution is 2.36. The van der Waals surface area contributed by atoms with E-state index in [1.807, 2.05) is 0 Å². The van der Waals surface area contributed by atoms with Gasteiger partial charge in [0, 0.05) is 34.9 Å². The van der Waals surface area contributed by atoms with Gasteiger partial charge in [-0.15, -0.1) is 0 Å². The van der Waals surface area contributed by atoms with Crippen LogP contribution in [0.5, 0.6) is 5.88 Å². The third kappa shape index (κ3) is 5.29. The molecule has 0 amide bonds. The number of anilines is 3. The fourth-order valence-corrected chi connectivity index (χ4v) is 3.76. The summed E-state index contributed by atoms with van der Waals surface area (Å²) in [5.41, 5.74) is 4.52. The maximum Gasteiger partial charge on any atom is 0.409 e. The van der Waals surface area contributed by atoms with Crippen molar-refractivity contribution in [2.24, 2.45) is 0 Å². The van der Waals surface area contributed by atoms with Crippen LogP contribution in [0.25, 0.3) is 11.1 Å². The summed E-state index contributed by atoms with van der Waals surface area (Å²) in [6.45, 7) is 3.28. The number of aromatic nitrogens is 3. The van der Waals surface area contributed by atoms with Gasteiger partial charge in [0.1, 0.15) is 11.6 Å². The molecule has 1 atom stereocenters. The zero-order valence-electron chi connectivity index (χ0n) is 19.8. The van der Waals surface area contributed by atoms with Gasteiger partial charge in [-0.05, 0) is 49.8 Å². The summed E-state index contributed by atoms with van der Waals surface area (Å²) in [5, 5.41) is 22.9. The van der Waals surface area contributed by atoms with Gasteiger partial charge in [0.15, 0.2) is 5.82 Å². The van der Waals surface area contributed by atoms with E-state index in [0.717, 1.165) is 16.6 Å². The van der Waals surface area contributed by atoms with E-state index in [2.05, 4.69) is 31.8 Å². The van der Waals surface area contributed by atoms with Crippen LogP contribution in [0.15, 0.2) is 48.4 Å². The molecule has 0 radical (unpaired) electrons. The first-order valence-corrected chi connectivity index (χ1v) is 10.7.